The number of hydrogen-bond donors (Lipinski definition) is 1. The minimum Gasteiger partial charge on any atom is -0.494 e. The zero-order valence-electron chi connectivity index (χ0n) is 12.2. The van der Waals surface area contributed by atoms with Gasteiger partial charge in [-0.25, -0.2) is 4.79 Å². The minimum atomic E-state index is -0.456. The third-order valence-electron chi connectivity index (χ3n) is 2.28. The summed E-state index contributed by atoms with van der Waals surface area (Å²) in [4.78, 5) is 11.4. The van der Waals surface area contributed by atoms with Gasteiger partial charge in [0.05, 0.1) is 6.61 Å². The highest BCUT2D eigenvalue weighted by atomic mass is 16.6. The van der Waals surface area contributed by atoms with E-state index in [9.17, 15) is 4.79 Å². The molecular formula is C14H22BNO3. The molecule has 0 unspecified atom stereocenters. The Hall–Kier alpha value is -1.65. The Morgan fingerprint density at radius 3 is 2.47 bits per heavy atom. The predicted octanol–water partition coefficient (Wildman–Crippen LogP) is 1.24. The fourth-order valence-corrected chi connectivity index (χ4v) is 1.40. The van der Waals surface area contributed by atoms with Crippen molar-refractivity contribution in [1.82, 2.24) is 5.32 Å². The zero-order valence-corrected chi connectivity index (χ0v) is 12.2. The molecule has 0 fully saturated rings. The monoisotopic (exact) mass is 263 g/mol. The molecule has 1 aromatic carbocycles. The molecule has 0 atom stereocenters. The van der Waals surface area contributed by atoms with Gasteiger partial charge in [0.2, 0.25) is 0 Å². The molecule has 104 valence electrons. The molecule has 0 aliphatic carbocycles. The number of nitrogens with one attached hydrogen (secondary N) is 1. The third-order valence-corrected chi connectivity index (χ3v) is 2.28. The van der Waals surface area contributed by atoms with Crippen LogP contribution in [0.4, 0.5) is 4.79 Å². The van der Waals surface area contributed by atoms with E-state index in [1.165, 1.54) is 5.46 Å². The topological polar surface area (TPSA) is 47.6 Å². The molecule has 0 aliphatic heterocycles. The standard InChI is InChI=1S/C14H22BNO3/c1-14(2,3)19-13(17)16-9-4-10-18-12-7-5-11(15)6-8-12/h5-8H,4,9-10,15H2,1-3H3,(H,16,17). The summed E-state index contributed by atoms with van der Waals surface area (Å²) >= 11 is 0. The molecule has 0 radical (unpaired) electrons. The first kappa shape index (κ1) is 15.4. The maximum absolute atomic E-state index is 11.4. The number of carbonyl (C=O) groups is 1. The van der Waals surface area contributed by atoms with Gasteiger partial charge in [0.1, 0.15) is 19.2 Å². The Balaban J connectivity index is 2.11. The molecule has 1 rings (SSSR count). The third kappa shape index (κ3) is 7.39. The van der Waals surface area contributed by atoms with Crippen molar-refractivity contribution >= 4 is 19.4 Å². The molecule has 0 saturated carbocycles. The summed E-state index contributed by atoms with van der Waals surface area (Å²) in [6.45, 7) is 6.63. The van der Waals surface area contributed by atoms with Gasteiger partial charge in [0, 0.05) is 6.54 Å². The molecule has 1 N–H and O–H groups in total. The Labute approximate surface area is 115 Å². The van der Waals surface area contributed by atoms with E-state index in [1.54, 1.807) is 0 Å². The van der Waals surface area contributed by atoms with Gasteiger partial charge < -0.3 is 14.8 Å². The quantitative estimate of drug-likeness (QED) is 0.642. The van der Waals surface area contributed by atoms with Crippen LogP contribution in [0.2, 0.25) is 0 Å². The van der Waals surface area contributed by atoms with Crippen LogP contribution in [-0.4, -0.2) is 32.7 Å². The maximum atomic E-state index is 11.4. The van der Waals surface area contributed by atoms with E-state index in [0.29, 0.717) is 13.2 Å². The minimum absolute atomic E-state index is 0.386. The highest BCUT2D eigenvalue weighted by molar-refractivity contribution is 6.32. The Morgan fingerprint density at radius 2 is 1.89 bits per heavy atom. The second-order valence-electron chi connectivity index (χ2n) is 5.44. The lowest BCUT2D eigenvalue weighted by molar-refractivity contribution is 0.0525. The molecule has 1 amide bonds. The average Bonchev–Trinajstić information content (AvgIpc) is 2.29. The molecule has 0 heterocycles. The van der Waals surface area contributed by atoms with Crippen molar-refractivity contribution in [2.24, 2.45) is 0 Å². The molecule has 0 spiro atoms. The van der Waals surface area contributed by atoms with Crippen LogP contribution >= 0.6 is 0 Å². The van der Waals surface area contributed by atoms with Crippen molar-refractivity contribution in [2.75, 3.05) is 13.2 Å². The van der Waals surface area contributed by atoms with Crippen LogP contribution in [0.3, 0.4) is 0 Å². The van der Waals surface area contributed by atoms with Gasteiger partial charge in [0.15, 0.2) is 0 Å². The highest BCUT2D eigenvalue weighted by Gasteiger charge is 2.15. The van der Waals surface area contributed by atoms with Crippen LogP contribution in [0.1, 0.15) is 27.2 Å². The number of rotatable bonds is 5. The summed E-state index contributed by atoms with van der Waals surface area (Å²) in [5, 5.41) is 2.69. The van der Waals surface area contributed by atoms with Gasteiger partial charge in [0.25, 0.3) is 0 Å². The average molecular weight is 263 g/mol. The summed E-state index contributed by atoms with van der Waals surface area (Å²) < 4.78 is 10.7. The molecule has 4 nitrogen and oxygen atoms in total. The summed E-state index contributed by atoms with van der Waals surface area (Å²) in [5.41, 5.74) is 0.751. The lowest BCUT2D eigenvalue weighted by atomic mass is 9.97. The molecule has 0 bridgehead atoms. The van der Waals surface area contributed by atoms with E-state index in [-0.39, 0.29) is 6.09 Å². The Bertz CT molecular complexity index is 398. The summed E-state index contributed by atoms with van der Waals surface area (Å²) in [6.07, 6.45) is 0.357. The number of alkyl carbamates (subject to hydrolysis) is 1. The largest absolute Gasteiger partial charge is 0.494 e. The van der Waals surface area contributed by atoms with Crippen LogP contribution in [0.5, 0.6) is 5.75 Å². The number of hydrogen-bond acceptors (Lipinski definition) is 3. The van der Waals surface area contributed by atoms with Crippen molar-refractivity contribution < 1.29 is 14.3 Å². The normalized spacial score (nSPS) is 10.9. The van der Waals surface area contributed by atoms with Crippen LogP contribution in [0, 0.1) is 0 Å². The lowest BCUT2D eigenvalue weighted by Gasteiger charge is -2.19. The van der Waals surface area contributed by atoms with Gasteiger partial charge >= 0.3 is 6.09 Å². The number of ether oxygens (including phenoxy) is 2. The smallest absolute Gasteiger partial charge is 0.407 e. The fraction of sp³-hybridized carbons (Fsp3) is 0.500. The van der Waals surface area contributed by atoms with Gasteiger partial charge in [-0.2, -0.15) is 0 Å². The van der Waals surface area contributed by atoms with Gasteiger partial charge in [-0.3, -0.25) is 0 Å². The lowest BCUT2D eigenvalue weighted by Crippen LogP contribution is -2.33. The van der Waals surface area contributed by atoms with E-state index in [0.717, 1.165) is 12.2 Å². The van der Waals surface area contributed by atoms with Crippen LogP contribution < -0.4 is 15.5 Å². The summed E-state index contributed by atoms with van der Waals surface area (Å²) in [5.74, 6) is 0.850. The van der Waals surface area contributed by atoms with E-state index < -0.39 is 5.60 Å². The van der Waals surface area contributed by atoms with Crippen LogP contribution in [0.25, 0.3) is 0 Å². The highest BCUT2D eigenvalue weighted by Crippen LogP contribution is 2.07. The molecule has 1 aromatic rings. The summed E-state index contributed by atoms with van der Waals surface area (Å²) in [6, 6.07) is 7.90. The van der Waals surface area contributed by atoms with Gasteiger partial charge in [-0.15, -0.1) is 0 Å². The number of carbonyl (C=O) groups excluding carboxylic acids is 1. The molecule has 5 heteroatoms. The number of benzene rings is 1. The van der Waals surface area contributed by atoms with Crippen molar-refractivity contribution in [3.63, 3.8) is 0 Å². The second-order valence-corrected chi connectivity index (χ2v) is 5.44. The molecule has 0 aliphatic rings. The fourth-order valence-electron chi connectivity index (χ4n) is 1.40. The zero-order chi connectivity index (χ0) is 14.3. The van der Waals surface area contributed by atoms with Crippen molar-refractivity contribution in [1.29, 1.82) is 0 Å². The van der Waals surface area contributed by atoms with Crippen molar-refractivity contribution in [3.8, 4) is 5.75 Å². The van der Waals surface area contributed by atoms with Crippen LogP contribution in [-0.2, 0) is 4.74 Å². The van der Waals surface area contributed by atoms with Crippen molar-refractivity contribution in [2.45, 2.75) is 32.8 Å². The number of amides is 1. The first-order chi connectivity index (χ1) is 8.87. The maximum Gasteiger partial charge on any atom is 0.407 e. The second kappa shape index (κ2) is 7.07. The van der Waals surface area contributed by atoms with E-state index in [1.807, 2.05) is 52.9 Å². The van der Waals surface area contributed by atoms with E-state index >= 15 is 0 Å². The molecule has 19 heavy (non-hydrogen) atoms. The molecular weight excluding hydrogens is 241 g/mol. The Kier molecular flexibility index (Phi) is 5.73. The first-order valence-corrected chi connectivity index (χ1v) is 6.53. The Morgan fingerprint density at radius 1 is 1.26 bits per heavy atom. The SMILES string of the molecule is Bc1ccc(OCCCNC(=O)OC(C)(C)C)cc1. The molecule has 0 aromatic heterocycles. The van der Waals surface area contributed by atoms with Gasteiger partial charge in [-0.1, -0.05) is 17.6 Å². The van der Waals surface area contributed by atoms with E-state index in [2.05, 4.69) is 5.32 Å². The van der Waals surface area contributed by atoms with E-state index in [4.69, 9.17) is 9.47 Å². The van der Waals surface area contributed by atoms with Crippen molar-refractivity contribution in [3.05, 3.63) is 24.3 Å². The first-order valence-electron chi connectivity index (χ1n) is 6.53. The van der Waals surface area contributed by atoms with Gasteiger partial charge in [-0.05, 0) is 39.3 Å². The predicted molar refractivity (Wildman–Crippen MR) is 79.0 cm³/mol. The van der Waals surface area contributed by atoms with Crippen LogP contribution in [0.15, 0.2) is 24.3 Å². The summed E-state index contributed by atoms with van der Waals surface area (Å²) in [7, 11) is 2.04. The molecule has 0 saturated heterocycles.